The fraction of sp³-hybridized carbons (Fsp3) is 0.417. The summed E-state index contributed by atoms with van der Waals surface area (Å²) in [4.78, 5) is 11.1. The van der Waals surface area contributed by atoms with Gasteiger partial charge in [-0.15, -0.1) is 0 Å². The number of benzene rings is 1. The highest BCUT2D eigenvalue weighted by molar-refractivity contribution is 6.01. The minimum absolute atomic E-state index is 0.187. The fourth-order valence-electron chi connectivity index (χ4n) is 1.98. The lowest BCUT2D eigenvalue weighted by molar-refractivity contribution is 0.0654. The van der Waals surface area contributed by atoms with Gasteiger partial charge in [-0.3, -0.25) is 0 Å². The van der Waals surface area contributed by atoms with Gasteiger partial charge in [0.05, 0.1) is 0 Å². The number of ether oxygens (including phenoxy) is 1. The van der Waals surface area contributed by atoms with E-state index in [-0.39, 0.29) is 5.97 Å². The summed E-state index contributed by atoms with van der Waals surface area (Å²) in [6, 6.07) is 5.82. The molecule has 0 radical (unpaired) electrons. The minimum Gasteiger partial charge on any atom is -0.422 e. The average Bonchev–Trinajstić information content (AvgIpc) is 2.20. The zero-order valence-corrected chi connectivity index (χ0v) is 8.54. The molecular formula is C12H14O2. The number of carbonyl (C=O) groups is 1. The Balaban J connectivity index is 2.40. The molecule has 14 heavy (non-hydrogen) atoms. The molecule has 2 heteroatoms. The standard InChI is InChI=1S/C12H14O2/c1-3-8(4-2)9-6-5-7-10-11(9)14-12(10)13/h5-8H,3-4H2,1-2H3. The molecule has 1 aromatic rings. The summed E-state index contributed by atoms with van der Waals surface area (Å²) in [6.45, 7) is 4.32. The van der Waals surface area contributed by atoms with Gasteiger partial charge in [-0.05, 0) is 30.4 Å². The molecule has 0 amide bonds. The molecule has 0 bridgehead atoms. The van der Waals surface area contributed by atoms with Gasteiger partial charge in [0.2, 0.25) is 0 Å². The SMILES string of the molecule is CCC(CC)c1cccc2c1OC2=O. The van der Waals surface area contributed by atoms with Gasteiger partial charge in [0, 0.05) is 0 Å². The van der Waals surface area contributed by atoms with Gasteiger partial charge in [-0.1, -0.05) is 26.0 Å². The van der Waals surface area contributed by atoms with Crippen LogP contribution in [0.15, 0.2) is 18.2 Å². The minimum atomic E-state index is -0.187. The van der Waals surface area contributed by atoms with Crippen LogP contribution in [0, 0.1) is 0 Å². The van der Waals surface area contributed by atoms with E-state index in [0.717, 1.165) is 24.2 Å². The van der Waals surface area contributed by atoms with Gasteiger partial charge in [0.15, 0.2) is 0 Å². The van der Waals surface area contributed by atoms with Gasteiger partial charge >= 0.3 is 5.97 Å². The Kier molecular flexibility index (Phi) is 2.28. The molecule has 1 aliphatic rings. The zero-order chi connectivity index (χ0) is 10.1. The molecule has 1 aliphatic heterocycles. The van der Waals surface area contributed by atoms with Crippen LogP contribution in [0.25, 0.3) is 0 Å². The van der Waals surface area contributed by atoms with Gasteiger partial charge in [-0.25, -0.2) is 4.79 Å². The number of fused-ring (bicyclic) bond motifs is 1. The average molecular weight is 190 g/mol. The van der Waals surface area contributed by atoms with E-state index in [2.05, 4.69) is 19.9 Å². The molecule has 1 heterocycles. The highest BCUT2D eigenvalue weighted by Crippen LogP contribution is 2.39. The fourth-order valence-corrected chi connectivity index (χ4v) is 1.98. The number of hydrogen-bond donors (Lipinski definition) is 0. The van der Waals surface area contributed by atoms with E-state index in [0.29, 0.717) is 5.92 Å². The van der Waals surface area contributed by atoms with Crippen LogP contribution in [0.4, 0.5) is 0 Å². The lowest BCUT2D eigenvalue weighted by atomic mass is 9.90. The second kappa shape index (κ2) is 3.45. The van der Waals surface area contributed by atoms with Gasteiger partial charge in [0.1, 0.15) is 11.3 Å². The third-order valence-corrected chi connectivity index (χ3v) is 2.89. The van der Waals surface area contributed by atoms with Gasteiger partial charge < -0.3 is 4.74 Å². The Hall–Kier alpha value is -1.31. The van der Waals surface area contributed by atoms with E-state index in [9.17, 15) is 4.79 Å². The van der Waals surface area contributed by atoms with Crippen molar-refractivity contribution in [2.24, 2.45) is 0 Å². The van der Waals surface area contributed by atoms with Crippen molar-refractivity contribution < 1.29 is 9.53 Å². The molecule has 0 unspecified atom stereocenters. The Morgan fingerprint density at radius 3 is 2.57 bits per heavy atom. The van der Waals surface area contributed by atoms with E-state index in [1.165, 1.54) is 5.56 Å². The maximum Gasteiger partial charge on any atom is 0.347 e. The molecule has 0 saturated heterocycles. The van der Waals surface area contributed by atoms with Crippen molar-refractivity contribution in [2.45, 2.75) is 32.6 Å². The van der Waals surface area contributed by atoms with Crippen molar-refractivity contribution >= 4 is 5.97 Å². The van der Waals surface area contributed by atoms with Crippen molar-refractivity contribution in [3.63, 3.8) is 0 Å². The van der Waals surface area contributed by atoms with Crippen LogP contribution in [-0.2, 0) is 0 Å². The first kappa shape index (κ1) is 9.25. The monoisotopic (exact) mass is 190 g/mol. The first-order valence-corrected chi connectivity index (χ1v) is 5.13. The summed E-state index contributed by atoms with van der Waals surface area (Å²) in [5, 5.41) is 0. The first-order valence-electron chi connectivity index (χ1n) is 5.13. The summed E-state index contributed by atoms with van der Waals surface area (Å²) >= 11 is 0. The molecule has 0 aromatic heterocycles. The molecule has 0 saturated carbocycles. The predicted molar refractivity (Wildman–Crippen MR) is 54.7 cm³/mol. The molecule has 1 aromatic carbocycles. The van der Waals surface area contributed by atoms with Crippen molar-refractivity contribution in [3.05, 3.63) is 29.3 Å². The summed E-state index contributed by atoms with van der Waals surface area (Å²) in [7, 11) is 0. The van der Waals surface area contributed by atoms with E-state index < -0.39 is 0 Å². The number of para-hydroxylation sites is 1. The normalized spacial score (nSPS) is 13.5. The van der Waals surface area contributed by atoms with Crippen molar-refractivity contribution in [1.82, 2.24) is 0 Å². The van der Waals surface area contributed by atoms with E-state index in [4.69, 9.17) is 4.74 Å². The largest absolute Gasteiger partial charge is 0.422 e. The van der Waals surface area contributed by atoms with E-state index in [1.807, 2.05) is 12.1 Å². The van der Waals surface area contributed by atoms with Crippen molar-refractivity contribution in [1.29, 1.82) is 0 Å². The Morgan fingerprint density at radius 2 is 2.00 bits per heavy atom. The van der Waals surface area contributed by atoms with Crippen molar-refractivity contribution in [3.8, 4) is 5.75 Å². The summed E-state index contributed by atoms with van der Waals surface area (Å²) in [5.74, 6) is 1.14. The lowest BCUT2D eigenvalue weighted by Crippen LogP contribution is -2.23. The van der Waals surface area contributed by atoms with E-state index >= 15 is 0 Å². The first-order chi connectivity index (χ1) is 6.77. The number of hydrogen-bond acceptors (Lipinski definition) is 2. The Morgan fingerprint density at radius 1 is 1.29 bits per heavy atom. The zero-order valence-electron chi connectivity index (χ0n) is 8.54. The van der Waals surface area contributed by atoms with Crippen LogP contribution in [0.5, 0.6) is 5.75 Å². The van der Waals surface area contributed by atoms with Crippen LogP contribution in [0.1, 0.15) is 48.5 Å². The summed E-state index contributed by atoms with van der Waals surface area (Å²) in [6.07, 6.45) is 2.18. The topological polar surface area (TPSA) is 26.3 Å². The lowest BCUT2D eigenvalue weighted by Gasteiger charge is -2.24. The second-order valence-electron chi connectivity index (χ2n) is 3.63. The van der Waals surface area contributed by atoms with Crippen molar-refractivity contribution in [2.75, 3.05) is 0 Å². The molecule has 0 atom stereocenters. The number of carbonyl (C=O) groups excluding carboxylic acids is 1. The Bertz CT molecular complexity index is 365. The molecule has 2 nitrogen and oxygen atoms in total. The van der Waals surface area contributed by atoms with Crippen LogP contribution in [0.2, 0.25) is 0 Å². The number of esters is 1. The quantitative estimate of drug-likeness (QED) is 0.684. The number of rotatable bonds is 3. The molecule has 0 fully saturated rings. The summed E-state index contributed by atoms with van der Waals surface area (Å²) < 4.78 is 5.06. The van der Waals surface area contributed by atoms with Crippen LogP contribution in [0.3, 0.4) is 0 Å². The van der Waals surface area contributed by atoms with Crippen LogP contribution < -0.4 is 4.74 Å². The van der Waals surface area contributed by atoms with Crippen LogP contribution >= 0.6 is 0 Å². The van der Waals surface area contributed by atoms with Gasteiger partial charge in [0.25, 0.3) is 0 Å². The highest BCUT2D eigenvalue weighted by atomic mass is 16.6. The van der Waals surface area contributed by atoms with Gasteiger partial charge in [-0.2, -0.15) is 0 Å². The summed E-state index contributed by atoms with van der Waals surface area (Å²) in [5.41, 5.74) is 1.93. The smallest absolute Gasteiger partial charge is 0.347 e. The maximum absolute atomic E-state index is 11.1. The Labute approximate surface area is 83.9 Å². The second-order valence-corrected chi connectivity index (χ2v) is 3.63. The predicted octanol–water partition coefficient (Wildman–Crippen LogP) is 3.12. The molecule has 0 spiro atoms. The third kappa shape index (κ3) is 1.22. The molecule has 74 valence electrons. The highest BCUT2D eigenvalue weighted by Gasteiger charge is 2.30. The van der Waals surface area contributed by atoms with Crippen LogP contribution in [-0.4, -0.2) is 5.97 Å². The molecule has 0 N–H and O–H groups in total. The molecule has 0 aliphatic carbocycles. The maximum atomic E-state index is 11.1. The molecule has 2 rings (SSSR count). The van der Waals surface area contributed by atoms with E-state index in [1.54, 1.807) is 0 Å². The molecular weight excluding hydrogens is 176 g/mol. The third-order valence-electron chi connectivity index (χ3n) is 2.89.